The van der Waals surface area contributed by atoms with E-state index in [2.05, 4.69) is 16.0 Å². The SMILES string of the molecule is CCCOc1ccccc1C(=O)NC(=S)Nc1cccc(NC(C)=O)c1. The Balaban J connectivity index is 2.02. The highest BCUT2D eigenvalue weighted by molar-refractivity contribution is 7.80. The van der Waals surface area contributed by atoms with Gasteiger partial charge < -0.3 is 15.4 Å². The van der Waals surface area contributed by atoms with Gasteiger partial charge in [0.15, 0.2) is 5.11 Å². The standard InChI is InChI=1S/C19H21N3O3S/c1-3-11-25-17-10-5-4-9-16(17)18(24)22-19(26)21-15-8-6-7-14(12-15)20-13(2)23/h4-10,12H,3,11H2,1-2H3,(H,20,23)(H2,21,22,24,26). The monoisotopic (exact) mass is 371 g/mol. The van der Waals surface area contributed by atoms with Crippen LogP contribution in [-0.2, 0) is 4.79 Å². The van der Waals surface area contributed by atoms with E-state index in [1.165, 1.54) is 6.92 Å². The van der Waals surface area contributed by atoms with Crippen LogP contribution in [-0.4, -0.2) is 23.5 Å². The van der Waals surface area contributed by atoms with Crippen LogP contribution in [0.4, 0.5) is 11.4 Å². The lowest BCUT2D eigenvalue weighted by Gasteiger charge is -2.13. The molecule has 26 heavy (non-hydrogen) atoms. The zero-order valence-electron chi connectivity index (χ0n) is 14.7. The predicted octanol–water partition coefficient (Wildman–Crippen LogP) is 3.56. The Kier molecular flexibility index (Phi) is 7.11. The second kappa shape index (κ2) is 9.53. The lowest BCUT2D eigenvalue weighted by molar-refractivity contribution is -0.114. The molecule has 0 bridgehead atoms. The first-order valence-electron chi connectivity index (χ1n) is 8.21. The predicted molar refractivity (Wildman–Crippen MR) is 107 cm³/mol. The molecule has 2 rings (SSSR count). The first-order chi connectivity index (χ1) is 12.5. The van der Waals surface area contributed by atoms with Gasteiger partial charge in [-0.3, -0.25) is 14.9 Å². The average Bonchev–Trinajstić information content (AvgIpc) is 2.59. The molecule has 0 aromatic heterocycles. The van der Waals surface area contributed by atoms with Gasteiger partial charge in [-0.05, 0) is 49.0 Å². The molecule has 6 nitrogen and oxygen atoms in total. The Morgan fingerprint density at radius 1 is 1.04 bits per heavy atom. The fourth-order valence-corrected chi connectivity index (χ4v) is 2.41. The molecule has 0 saturated carbocycles. The van der Waals surface area contributed by atoms with E-state index in [9.17, 15) is 9.59 Å². The van der Waals surface area contributed by atoms with Crippen LogP contribution in [0.2, 0.25) is 0 Å². The van der Waals surface area contributed by atoms with E-state index in [4.69, 9.17) is 17.0 Å². The van der Waals surface area contributed by atoms with Crippen LogP contribution in [0.25, 0.3) is 0 Å². The number of hydrogen-bond donors (Lipinski definition) is 3. The van der Waals surface area contributed by atoms with Crippen molar-refractivity contribution in [3.63, 3.8) is 0 Å². The molecule has 7 heteroatoms. The van der Waals surface area contributed by atoms with E-state index in [1.807, 2.05) is 13.0 Å². The van der Waals surface area contributed by atoms with Gasteiger partial charge in [0.2, 0.25) is 5.91 Å². The molecule has 3 N–H and O–H groups in total. The lowest BCUT2D eigenvalue weighted by atomic mass is 10.2. The Bertz CT molecular complexity index is 808. The molecule has 2 aromatic rings. The van der Waals surface area contributed by atoms with Crippen molar-refractivity contribution in [1.29, 1.82) is 0 Å². The van der Waals surface area contributed by atoms with Gasteiger partial charge in [-0.25, -0.2) is 0 Å². The molecule has 0 spiro atoms. The minimum atomic E-state index is -0.354. The van der Waals surface area contributed by atoms with Crippen LogP contribution >= 0.6 is 12.2 Å². The summed E-state index contributed by atoms with van der Waals surface area (Å²) in [4.78, 5) is 23.6. The van der Waals surface area contributed by atoms with Crippen LogP contribution in [0.15, 0.2) is 48.5 Å². The molecule has 0 atom stereocenters. The van der Waals surface area contributed by atoms with Gasteiger partial charge in [-0.2, -0.15) is 0 Å². The minimum absolute atomic E-state index is 0.153. The summed E-state index contributed by atoms with van der Waals surface area (Å²) in [5.41, 5.74) is 1.70. The van der Waals surface area contributed by atoms with E-state index in [0.29, 0.717) is 29.3 Å². The summed E-state index contributed by atoms with van der Waals surface area (Å²) in [5, 5.41) is 8.40. The van der Waals surface area contributed by atoms with Crippen molar-refractivity contribution in [3.05, 3.63) is 54.1 Å². The van der Waals surface area contributed by atoms with Gasteiger partial charge in [0.1, 0.15) is 5.75 Å². The fourth-order valence-electron chi connectivity index (χ4n) is 2.20. The third kappa shape index (κ3) is 5.86. The van der Waals surface area contributed by atoms with Crippen molar-refractivity contribution < 1.29 is 14.3 Å². The molecule has 2 amide bonds. The molecule has 0 radical (unpaired) electrons. The molecule has 0 aliphatic carbocycles. The van der Waals surface area contributed by atoms with Crippen LogP contribution in [0.5, 0.6) is 5.75 Å². The highest BCUT2D eigenvalue weighted by Gasteiger charge is 2.13. The van der Waals surface area contributed by atoms with Gasteiger partial charge in [0.25, 0.3) is 5.91 Å². The molecule has 0 heterocycles. The molecular weight excluding hydrogens is 350 g/mol. The summed E-state index contributed by atoms with van der Waals surface area (Å²) in [6.45, 7) is 3.96. The van der Waals surface area contributed by atoms with E-state index in [1.54, 1.807) is 42.5 Å². The smallest absolute Gasteiger partial charge is 0.261 e. The van der Waals surface area contributed by atoms with Crippen molar-refractivity contribution in [2.24, 2.45) is 0 Å². The fraction of sp³-hybridized carbons (Fsp3) is 0.211. The number of rotatable bonds is 6. The van der Waals surface area contributed by atoms with E-state index in [-0.39, 0.29) is 16.9 Å². The number of amides is 2. The maximum Gasteiger partial charge on any atom is 0.261 e. The van der Waals surface area contributed by atoms with Crippen molar-refractivity contribution in [2.75, 3.05) is 17.2 Å². The maximum atomic E-state index is 12.5. The number of nitrogens with one attached hydrogen (secondary N) is 3. The molecule has 0 unspecified atom stereocenters. The van der Waals surface area contributed by atoms with Crippen LogP contribution in [0.3, 0.4) is 0 Å². The molecule has 0 saturated heterocycles. The van der Waals surface area contributed by atoms with E-state index < -0.39 is 0 Å². The number of carbonyl (C=O) groups is 2. The van der Waals surface area contributed by atoms with Crippen molar-refractivity contribution >= 4 is 40.5 Å². The summed E-state index contributed by atoms with van der Waals surface area (Å²) in [5.74, 6) is -0.00348. The minimum Gasteiger partial charge on any atom is -0.493 e. The third-order valence-corrected chi connectivity index (χ3v) is 3.47. The first kappa shape index (κ1) is 19.4. The topological polar surface area (TPSA) is 79.5 Å². The second-order valence-corrected chi connectivity index (χ2v) is 5.92. The second-order valence-electron chi connectivity index (χ2n) is 5.51. The quantitative estimate of drug-likeness (QED) is 0.677. The molecule has 0 fully saturated rings. The normalized spacial score (nSPS) is 9.92. The Morgan fingerprint density at radius 2 is 1.73 bits per heavy atom. The van der Waals surface area contributed by atoms with Gasteiger partial charge in [-0.1, -0.05) is 25.1 Å². The molecule has 0 aliphatic rings. The zero-order valence-corrected chi connectivity index (χ0v) is 15.5. The Morgan fingerprint density at radius 3 is 2.42 bits per heavy atom. The number of carbonyl (C=O) groups excluding carboxylic acids is 2. The summed E-state index contributed by atoms with van der Waals surface area (Å²) >= 11 is 5.20. The largest absolute Gasteiger partial charge is 0.493 e. The number of thiocarbonyl (C=S) groups is 1. The number of hydrogen-bond acceptors (Lipinski definition) is 4. The van der Waals surface area contributed by atoms with E-state index in [0.717, 1.165) is 6.42 Å². The van der Waals surface area contributed by atoms with Crippen molar-refractivity contribution in [3.8, 4) is 5.75 Å². The van der Waals surface area contributed by atoms with Crippen LogP contribution < -0.4 is 20.7 Å². The molecule has 136 valence electrons. The summed E-state index contributed by atoms with van der Waals surface area (Å²) in [6.07, 6.45) is 0.848. The van der Waals surface area contributed by atoms with Crippen molar-refractivity contribution in [2.45, 2.75) is 20.3 Å². The third-order valence-electron chi connectivity index (χ3n) is 3.26. The van der Waals surface area contributed by atoms with Crippen molar-refractivity contribution in [1.82, 2.24) is 5.32 Å². The van der Waals surface area contributed by atoms with Gasteiger partial charge in [0, 0.05) is 18.3 Å². The number of anilines is 2. The highest BCUT2D eigenvalue weighted by atomic mass is 32.1. The molecular formula is C19H21N3O3S. The average molecular weight is 371 g/mol. The number of para-hydroxylation sites is 1. The zero-order chi connectivity index (χ0) is 18.9. The molecule has 0 aliphatic heterocycles. The number of ether oxygens (including phenoxy) is 1. The van der Waals surface area contributed by atoms with Gasteiger partial charge in [0.05, 0.1) is 12.2 Å². The lowest BCUT2D eigenvalue weighted by Crippen LogP contribution is -2.34. The first-order valence-corrected chi connectivity index (χ1v) is 8.62. The molecule has 2 aromatic carbocycles. The van der Waals surface area contributed by atoms with Crippen LogP contribution in [0, 0.1) is 0 Å². The Hall–Kier alpha value is -2.93. The highest BCUT2D eigenvalue weighted by Crippen LogP contribution is 2.18. The van der Waals surface area contributed by atoms with Gasteiger partial charge >= 0.3 is 0 Å². The summed E-state index contributed by atoms with van der Waals surface area (Å²) in [7, 11) is 0. The van der Waals surface area contributed by atoms with E-state index >= 15 is 0 Å². The maximum absolute atomic E-state index is 12.5. The summed E-state index contributed by atoms with van der Waals surface area (Å²) < 4.78 is 5.60. The summed E-state index contributed by atoms with van der Waals surface area (Å²) in [6, 6.07) is 14.0. The van der Waals surface area contributed by atoms with Crippen LogP contribution in [0.1, 0.15) is 30.6 Å². The Labute approximate surface area is 157 Å². The van der Waals surface area contributed by atoms with Gasteiger partial charge in [-0.15, -0.1) is 0 Å². The number of benzene rings is 2.